The van der Waals surface area contributed by atoms with Crippen LogP contribution in [-0.2, 0) is 18.8 Å². The van der Waals surface area contributed by atoms with Gasteiger partial charge < -0.3 is 0 Å². The van der Waals surface area contributed by atoms with Gasteiger partial charge in [0.25, 0.3) is 0 Å². The summed E-state index contributed by atoms with van der Waals surface area (Å²) in [6.07, 6.45) is -9.35. The number of fused-ring (bicyclic) bond motifs is 1. The van der Waals surface area contributed by atoms with Crippen LogP contribution in [0.15, 0.2) is 18.2 Å². The third-order valence-corrected chi connectivity index (χ3v) is 4.54. The van der Waals surface area contributed by atoms with Gasteiger partial charge in [-0.1, -0.05) is 13.8 Å². The molecule has 0 saturated carbocycles. The molecule has 9 heteroatoms. The first-order valence-corrected chi connectivity index (χ1v) is 8.11. The monoisotopic (exact) mass is 390 g/mol. The highest BCUT2D eigenvalue weighted by molar-refractivity contribution is 5.99. The van der Waals surface area contributed by atoms with E-state index in [9.17, 15) is 31.1 Å². The number of aryl methyl sites for hydroxylation is 1. The summed E-state index contributed by atoms with van der Waals surface area (Å²) >= 11 is 0. The minimum atomic E-state index is -4.95. The molecule has 146 valence electrons. The van der Waals surface area contributed by atoms with Gasteiger partial charge in [-0.05, 0) is 37.0 Å². The van der Waals surface area contributed by atoms with Gasteiger partial charge in [0.15, 0.2) is 5.78 Å². The van der Waals surface area contributed by atoms with Gasteiger partial charge in [-0.15, -0.1) is 0 Å². The molecule has 1 aromatic heterocycles. The lowest BCUT2D eigenvalue weighted by Crippen LogP contribution is -2.28. The van der Waals surface area contributed by atoms with E-state index >= 15 is 0 Å². The Labute approximate surface area is 151 Å². The number of halogens is 6. The minimum absolute atomic E-state index is 0.0708. The van der Waals surface area contributed by atoms with Crippen molar-refractivity contribution in [3.8, 4) is 5.69 Å². The van der Waals surface area contributed by atoms with Crippen molar-refractivity contribution in [1.29, 1.82) is 0 Å². The topological polar surface area (TPSA) is 34.9 Å². The number of carbonyl (C=O) groups is 1. The number of alkyl halides is 6. The molecule has 1 heterocycles. The summed E-state index contributed by atoms with van der Waals surface area (Å²) in [5.74, 6) is -0.215. The van der Waals surface area contributed by atoms with Gasteiger partial charge in [0, 0.05) is 6.42 Å². The molecule has 3 rings (SSSR count). The summed E-state index contributed by atoms with van der Waals surface area (Å²) in [5, 5.41) is 4.09. The Morgan fingerprint density at radius 2 is 1.48 bits per heavy atom. The van der Waals surface area contributed by atoms with E-state index in [1.165, 1.54) is 6.92 Å². The second-order valence-corrected chi connectivity index (χ2v) is 7.52. The maximum Gasteiger partial charge on any atom is 0.416 e. The lowest BCUT2D eigenvalue weighted by Gasteiger charge is -2.29. The van der Waals surface area contributed by atoms with E-state index in [0.29, 0.717) is 24.2 Å². The average molecular weight is 390 g/mol. The van der Waals surface area contributed by atoms with E-state index in [1.807, 2.05) is 13.8 Å². The zero-order valence-corrected chi connectivity index (χ0v) is 14.7. The van der Waals surface area contributed by atoms with Crippen LogP contribution < -0.4 is 0 Å². The normalized spacial score (nSPS) is 17.1. The summed E-state index contributed by atoms with van der Waals surface area (Å²) in [5.41, 5.74) is -2.78. The average Bonchev–Trinajstić information content (AvgIpc) is 2.80. The van der Waals surface area contributed by atoms with E-state index in [-0.39, 0.29) is 35.2 Å². The molecule has 2 aromatic rings. The molecule has 0 aliphatic heterocycles. The second-order valence-electron chi connectivity index (χ2n) is 7.52. The predicted octanol–water partition coefficient (Wildman–Crippen LogP) is 5.37. The summed E-state index contributed by atoms with van der Waals surface area (Å²) < 4.78 is 79.8. The summed E-state index contributed by atoms with van der Waals surface area (Å²) in [4.78, 5) is 12.4. The standard InChI is InChI=1S/C18H16F6N2O/c1-9-15-13(7-16(2,3)8-14(15)27)26(25-9)12-5-10(17(19,20)21)4-11(6-12)18(22,23)24/h4-6H,7-8H2,1-3H3. The number of hydrogen-bond donors (Lipinski definition) is 0. The first-order chi connectivity index (χ1) is 12.2. The Bertz CT molecular complexity index is 889. The zero-order valence-electron chi connectivity index (χ0n) is 14.7. The highest BCUT2D eigenvalue weighted by Crippen LogP contribution is 2.40. The number of benzene rings is 1. The van der Waals surface area contributed by atoms with Gasteiger partial charge in [0.1, 0.15) is 0 Å². The number of aromatic nitrogens is 2. The van der Waals surface area contributed by atoms with Crippen LogP contribution in [0.2, 0.25) is 0 Å². The van der Waals surface area contributed by atoms with Gasteiger partial charge in [0.2, 0.25) is 0 Å². The number of hydrogen-bond acceptors (Lipinski definition) is 2. The van der Waals surface area contributed by atoms with Crippen LogP contribution in [0.3, 0.4) is 0 Å². The Kier molecular flexibility index (Phi) is 4.20. The van der Waals surface area contributed by atoms with Gasteiger partial charge in [-0.25, -0.2) is 4.68 Å². The highest BCUT2D eigenvalue weighted by atomic mass is 19.4. The molecule has 1 aliphatic carbocycles. The van der Waals surface area contributed by atoms with Crippen LogP contribution in [0.25, 0.3) is 5.69 Å². The van der Waals surface area contributed by atoms with Crippen molar-refractivity contribution >= 4 is 5.78 Å². The first-order valence-electron chi connectivity index (χ1n) is 8.11. The fourth-order valence-corrected chi connectivity index (χ4v) is 3.41. The predicted molar refractivity (Wildman–Crippen MR) is 84.7 cm³/mol. The first kappa shape index (κ1) is 19.4. The second kappa shape index (κ2) is 5.84. The number of carbonyl (C=O) groups excluding carboxylic acids is 1. The molecular formula is C18H16F6N2O. The number of nitrogens with zero attached hydrogens (tertiary/aromatic N) is 2. The van der Waals surface area contributed by atoms with Gasteiger partial charge >= 0.3 is 12.4 Å². The lowest BCUT2D eigenvalue weighted by atomic mass is 9.75. The van der Waals surface area contributed by atoms with E-state index in [2.05, 4.69) is 5.10 Å². The van der Waals surface area contributed by atoms with Crippen molar-refractivity contribution in [3.05, 3.63) is 46.3 Å². The molecule has 0 bridgehead atoms. The molecule has 0 unspecified atom stereocenters. The van der Waals surface area contributed by atoms with E-state index in [1.54, 1.807) is 0 Å². The summed E-state index contributed by atoms with van der Waals surface area (Å²) in [7, 11) is 0. The minimum Gasteiger partial charge on any atom is -0.294 e. The van der Waals surface area contributed by atoms with Gasteiger partial charge in [-0.3, -0.25) is 4.79 Å². The fraction of sp³-hybridized carbons (Fsp3) is 0.444. The Hall–Kier alpha value is -2.32. The molecule has 1 aromatic carbocycles. The smallest absolute Gasteiger partial charge is 0.294 e. The van der Waals surface area contributed by atoms with E-state index in [4.69, 9.17) is 0 Å². The van der Waals surface area contributed by atoms with Crippen molar-refractivity contribution in [1.82, 2.24) is 9.78 Å². The molecule has 0 fully saturated rings. The van der Waals surface area contributed by atoms with Crippen molar-refractivity contribution < 1.29 is 31.1 Å². The molecule has 0 amide bonds. The van der Waals surface area contributed by atoms with Crippen molar-refractivity contribution in [2.75, 3.05) is 0 Å². The van der Waals surface area contributed by atoms with Crippen LogP contribution in [0.5, 0.6) is 0 Å². The van der Waals surface area contributed by atoms with E-state index in [0.717, 1.165) is 4.68 Å². The molecule has 0 radical (unpaired) electrons. The Morgan fingerprint density at radius 3 is 1.96 bits per heavy atom. The van der Waals surface area contributed by atoms with Crippen LogP contribution in [0, 0.1) is 12.3 Å². The van der Waals surface area contributed by atoms with Gasteiger partial charge in [-0.2, -0.15) is 31.4 Å². The molecule has 3 nitrogen and oxygen atoms in total. The maximum atomic E-state index is 13.1. The van der Waals surface area contributed by atoms with Crippen molar-refractivity contribution in [2.45, 2.75) is 46.0 Å². The van der Waals surface area contributed by atoms with Crippen LogP contribution >= 0.6 is 0 Å². The molecule has 27 heavy (non-hydrogen) atoms. The number of ketones is 1. The summed E-state index contributed by atoms with van der Waals surface area (Å²) in [6, 6.07) is 1.31. The Morgan fingerprint density at radius 1 is 0.963 bits per heavy atom. The third-order valence-electron chi connectivity index (χ3n) is 4.54. The zero-order chi connectivity index (χ0) is 20.4. The summed E-state index contributed by atoms with van der Waals surface area (Å²) in [6.45, 7) is 5.14. The van der Waals surface area contributed by atoms with Gasteiger partial charge in [0.05, 0.1) is 33.8 Å². The van der Waals surface area contributed by atoms with Crippen LogP contribution in [-0.4, -0.2) is 15.6 Å². The quantitative estimate of drug-likeness (QED) is 0.614. The maximum absolute atomic E-state index is 13.1. The largest absolute Gasteiger partial charge is 0.416 e. The highest BCUT2D eigenvalue weighted by Gasteiger charge is 2.39. The lowest BCUT2D eigenvalue weighted by molar-refractivity contribution is -0.143. The van der Waals surface area contributed by atoms with Crippen molar-refractivity contribution in [2.24, 2.45) is 5.41 Å². The molecule has 0 atom stereocenters. The number of Topliss-reactive ketones (excluding diaryl/α,β-unsaturated/α-hetero) is 1. The fourth-order valence-electron chi connectivity index (χ4n) is 3.41. The van der Waals surface area contributed by atoms with Crippen LogP contribution in [0.1, 0.15) is 53.1 Å². The molecule has 0 saturated heterocycles. The van der Waals surface area contributed by atoms with Crippen LogP contribution in [0.4, 0.5) is 26.3 Å². The number of rotatable bonds is 1. The van der Waals surface area contributed by atoms with E-state index < -0.39 is 28.9 Å². The Balaban J connectivity index is 2.27. The third kappa shape index (κ3) is 3.59. The SMILES string of the molecule is Cc1nn(-c2cc(C(F)(F)F)cc(C(F)(F)F)c2)c2c1C(=O)CC(C)(C)C2. The molecular weight excluding hydrogens is 374 g/mol. The van der Waals surface area contributed by atoms with Crippen molar-refractivity contribution in [3.63, 3.8) is 0 Å². The molecule has 0 spiro atoms. The molecule has 0 N–H and O–H groups in total. The molecule has 1 aliphatic rings.